The first-order valence-corrected chi connectivity index (χ1v) is 6.15. The number of hydrogen-bond donors (Lipinski definition) is 1. The van der Waals surface area contributed by atoms with Crippen molar-refractivity contribution in [2.45, 2.75) is 20.4 Å². The number of pyridine rings is 1. The third kappa shape index (κ3) is 2.48. The van der Waals surface area contributed by atoms with E-state index in [2.05, 4.69) is 4.98 Å². The first kappa shape index (κ1) is 12.5. The lowest BCUT2D eigenvalue weighted by Crippen LogP contribution is -2.20. The Bertz CT molecular complexity index is 638. The van der Waals surface area contributed by atoms with Gasteiger partial charge >= 0.3 is 5.97 Å². The molecule has 0 saturated heterocycles. The van der Waals surface area contributed by atoms with Gasteiger partial charge in [-0.25, -0.2) is 9.78 Å². The molecule has 2 aromatic heterocycles. The van der Waals surface area contributed by atoms with Crippen LogP contribution in [0.2, 0.25) is 0 Å². The van der Waals surface area contributed by atoms with E-state index in [1.165, 1.54) is 34.2 Å². The van der Waals surface area contributed by atoms with Crippen molar-refractivity contribution in [3.63, 3.8) is 0 Å². The van der Waals surface area contributed by atoms with Crippen LogP contribution in [-0.2, 0) is 6.54 Å². The summed E-state index contributed by atoms with van der Waals surface area (Å²) in [5.41, 5.74) is 0.808. The molecule has 2 heterocycles. The SMILES string of the molecule is Cc1nc(Cn2cc(C(=O)O)ccc2=O)sc1C. The van der Waals surface area contributed by atoms with Crippen LogP contribution < -0.4 is 5.56 Å². The monoisotopic (exact) mass is 264 g/mol. The van der Waals surface area contributed by atoms with Gasteiger partial charge in [0.1, 0.15) is 5.01 Å². The molecule has 2 rings (SSSR count). The molecule has 5 nitrogen and oxygen atoms in total. The normalized spacial score (nSPS) is 10.6. The molecule has 94 valence electrons. The summed E-state index contributed by atoms with van der Waals surface area (Å²) in [5.74, 6) is -1.05. The standard InChI is InChI=1S/C12H12N2O3S/c1-7-8(2)18-10(13-7)6-14-5-9(12(16)17)3-4-11(14)15/h3-5H,6H2,1-2H3,(H,16,17). The molecule has 0 bridgehead atoms. The highest BCUT2D eigenvalue weighted by atomic mass is 32.1. The van der Waals surface area contributed by atoms with E-state index in [4.69, 9.17) is 5.11 Å². The van der Waals surface area contributed by atoms with E-state index < -0.39 is 5.97 Å². The van der Waals surface area contributed by atoms with Gasteiger partial charge in [-0.2, -0.15) is 0 Å². The van der Waals surface area contributed by atoms with E-state index in [1.54, 1.807) is 0 Å². The molecule has 0 aromatic carbocycles. The summed E-state index contributed by atoms with van der Waals surface area (Å²) in [5, 5.41) is 9.69. The molecule has 0 fully saturated rings. The number of carbonyl (C=O) groups is 1. The van der Waals surface area contributed by atoms with Gasteiger partial charge in [-0.05, 0) is 19.9 Å². The summed E-state index contributed by atoms with van der Waals surface area (Å²) in [7, 11) is 0. The van der Waals surface area contributed by atoms with Crippen LogP contribution in [0.15, 0.2) is 23.1 Å². The molecule has 0 unspecified atom stereocenters. The van der Waals surface area contributed by atoms with Gasteiger partial charge < -0.3 is 9.67 Å². The minimum absolute atomic E-state index is 0.0969. The number of carboxylic acid groups (broad SMARTS) is 1. The van der Waals surface area contributed by atoms with Gasteiger partial charge in [0.2, 0.25) is 0 Å². The molecule has 1 N–H and O–H groups in total. The minimum atomic E-state index is -1.05. The molecular formula is C12H12N2O3S. The van der Waals surface area contributed by atoms with E-state index in [-0.39, 0.29) is 11.1 Å². The van der Waals surface area contributed by atoms with Gasteiger partial charge in [-0.3, -0.25) is 4.79 Å². The van der Waals surface area contributed by atoms with Crippen molar-refractivity contribution in [2.24, 2.45) is 0 Å². The topological polar surface area (TPSA) is 72.2 Å². The number of thiazole rings is 1. The van der Waals surface area contributed by atoms with Gasteiger partial charge in [0.05, 0.1) is 17.8 Å². The van der Waals surface area contributed by atoms with E-state index in [9.17, 15) is 9.59 Å². The van der Waals surface area contributed by atoms with Crippen LogP contribution in [0.1, 0.15) is 25.9 Å². The largest absolute Gasteiger partial charge is 0.478 e. The van der Waals surface area contributed by atoms with Gasteiger partial charge in [0.25, 0.3) is 5.56 Å². The Morgan fingerprint density at radius 2 is 2.17 bits per heavy atom. The quantitative estimate of drug-likeness (QED) is 0.915. The molecule has 0 spiro atoms. The summed E-state index contributed by atoms with van der Waals surface area (Å²) in [4.78, 5) is 27.9. The summed E-state index contributed by atoms with van der Waals surface area (Å²) in [6.07, 6.45) is 1.34. The van der Waals surface area contributed by atoms with Crippen molar-refractivity contribution in [3.8, 4) is 0 Å². The maximum absolute atomic E-state index is 11.6. The van der Waals surface area contributed by atoms with Crippen LogP contribution in [0.5, 0.6) is 0 Å². The maximum atomic E-state index is 11.6. The minimum Gasteiger partial charge on any atom is -0.478 e. The van der Waals surface area contributed by atoms with Gasteiger partial charge in [-0.1, -0.05) is 0 Å². The van der Waals surface area contributed by atoms with Gasteiger partial charge in [0.15, 0.2) is 0 Å². The fraction of sp³-hybridized carbons (Fsp3) is 0.250. The number of hydrogen-bond acceptors (Lipinski definition) is 4. The molecule has 18 heavy (non-hydrogen) atoms. The maximum Gasteiger partial charge on any atom is 0.337 e. The van der Waals surface area contributed by atoms with Crippen LogP contribution in [0.4, 0.5) is 0 Å². The third-order valence-corrected chi connectivity index (χ3v) is 3.67. The number of rotatable bonds is 3. The predicted molar refractivity (Wildman–Crippen MR) is 68.4 cm³/mol. The smallest absolute Gasteiger partial charge is 0.337 e. The second-order valence-electron chi connectivity index (χ2n) is 3.94. The van der Waals surface area contributed by atoms with E-state index in [0.29, 0.717) is 6.54 Å². The average Bonchev–Trinajstić information content (AvgIpc) is 2.61. The Kier molecular flexibility index (Phi) is 3.29. The molecular weight excluding hydrogens is 252 g/mol. The number of aryl methyl sites for hydroxylation is 2. The summed E-state index contributed by atoms with van der Waals surface area (Å²) >= 11 is 1.51. The van der Waals surface area contributed by atoms with Crippen molar-refractivity contribution in [1.82, 2.24) is 9.55 Å². The van der Waals surface area contributed by atoms with Crippen molar-refractivity contribution in [1.29, 1.82) is 0 Å². The first-order chi connectivity index (χ1) is 8.47. The lowest BCUT2D eigenvalue weighted by molar-refractivity contribution is 0.0696. The molecule has 0 aliphatic heterocycles. The summed E-state index contributed by atoms with van der Waals surface area (Å²) in [6.45, 7) is 4.18. The zero-order valence-corrected chi connectivity index (χ0v) is 10.8. The highest BCUT2D eigenvalue weighted by Crippen LogP contribution is 2.16. The second-order valence-corrected chi connectivity index (χ2v) is 5.23. The lowest BCUT2D eigenvalue weighted by Gasteiger charge is -2.03. The number of nitrogens with zero attached hydrogens (tertiary/aromatic N) is 2. The first-order valence-electron chi connectivity index (χ1n) is 5.34. The molecule has 0 aliphatic carbocycles. The van der Waals surface area contributed by atoms with Crippen LogP contribution in [0.3, 0.4) is 0 Å². The number of aromatic nitrogens is 2. The van der Waals surface area contributed by atoms with Crippen molar-refractivity contribution in [3.05, 3.63) is 49.8 Å². The fourth-order valence-electron chi connectivity index (χ4n) is 1.53. The molecule has 0 atom stereocenters. The molecule has 0 saturated carbocycles. The second kappa shape index (κ2) is 4.73. The number of aromatic carboxylic acids is 1. The Morgan fingerprint density at radius 3 is 2.72 bits per heavy atom. The zero-order valence-electron chi connectivity index (χ0n) is 10.0. The predicted octanol–water partition coefficient (Wildman–Crippen LogP) is 1.67. The van der Waals surface area contributed by atoms with Crippen LogP contribution in [-0.4, -0.2) is 20.6 Å². The third-order valence-electron chi connectivity index (χ3n) is 2.61. The lowest BCUT2D eigenvalue weighted by atomic mass is 10.3. The summed E-state index contributed by atoms with van der Waals surface area (Å²) < 4.78 is 1.36. The van der Waals surface area contributed by atoms with E-state index in [0.717, 1.165) is 15.6 Å². The van der Waals surface area contributed by atoms with Crippen molar-refractivity contribution < 1.29 is 9.90 Å². The molecule has 6 heteroatoms. The van der Waals surface area contributed by atoms with Crippen LogP contribution in [0.25, 0.3) is 0 Å². The molecule has 0 amide bonds. The Balaban J connectivity index is 2.36. The number of carboxylic acids is 1. The van der Waals surface area contributed by atoms with Crippen LogP contribution in [0, 0.1) is 13.8 Å². The van der Waals surface area contributed by atoms with Crippen molar-refractivity contribution >= 4 is 17.3 Å². The zero-order chi connectivity index (χ0) is 13.3. The van der Waals surface area contributed by atoms with E-state index in [1.807, 2.05) is 13.8 Å². The van der Waals surface area contributed by atoms with E-state index >= 15 is 0 Å². The van der Waals surface area contributed by atoms with Gasteiger partial charge in [-0.15, -0.1) is 11.3 Å². The fourth-order valence-corrected chi connectivity index (χ4v) is 2.47. The average molecular weight is 264 g/mol. The molecule has 2 aromatic rings. The Hall–Kier alpha value is -1.95. The Labute approximate surface area is 107 Å². The highest BCUT2D eigenvalue weighted by molar-refractivity contribution is 7.11. The highest BCUT2D eigenvalue weighted by Gasteiger charge is 2.08. The molecule has 0 aliphatic rings. The molecule has 0 radical (unpaired) electrons. The summed E-state index contributed by atoms with van der Waals surface area (Å²) in [6, 6.07) is 2.57. The Morgan fingerprint density at radius 1 is 1.44 bits per heavy atom. The van der Waals surface area contributed by atoms with Crippen molar-refractivity contribution in [2.75, 3.05) is 0 Å². The van der Waals surface area contributed by atoms with Crippen LogP contribution >= 0.6 is 11.3 Å². The van der Waals surface area contributed by atoms with Gasteiger partial charge in [0, 0.05) is 17.1 Å².